The molecule has 0 radical (unpaired) electrons. The molecule has 0 bridgehead atoms. The highest BCUT2D eigenvalue weighted by molar-refractivity contribution is 6.05. The van der Waals surface area contributed by atoms with Crippen LogP contribution in [0.4, 0.5) is 4.39 Å². The molecule has 0 N–H and O–H groups in total. The molecule has 1 aliphatic carbocycles. The Morgan fingerprint density at radius 1 is 1.08 bits per heavy atom. The number of carbonyl (C=O) groups excluding carboxylic acids is 3. The minimum atomic E-state index is -0.493. The first-order valence-electron chi connectivity index (χ1n) is 7.96. The van der Waals surface area contributed by atoms with Crippen molar-refractivity contribution in [3.8, 4) is 0 Å². The first kappa shape index (κ1) is 16.4. The lowest BCUT2D eigenvalue weighted by Gasteiger charge is -2.14. The first-order valence-corrected chi connectivity index (χ1v) is 7.96. The predicted molar refractivity (Wildman–Crippen MR) is 82.9 cm³/mol. The number of allylic oxidation sites excluding steroid dienone is 2. The lowest BCUT2D eigenvalue weighted by Crippen LogP contribution is -2.33. The monoisotopic (exact) mass is 331 g/mol. The number of esters is 1. The van der Waals surface area contributed by atoms with Crippen molar-refractivity contribution >= 4 is 17.8 Å². The van der Waals surface area contributed by atoms with Crippen molar-refractivity contribution in [3.05, 3.63) is 47.8 Å². The summed E-state index contributed by atoms with van der Waals surface area (Å²) in [5, 5.41) is 0. The van der Waals surface area contributed by atoms with Crippen LogP contribution < -0.4 is 0 Å². The van der Waals surface area contributed by atoms with Gasteiger partial charge in [0, 0.05) is 6.54 Å². The molecule has 1 heterocycles. The summed E-state index contributed by atoms with van der Waals surface area (Å²) in [5.41, 5.74) is 0.676. The summed E-state index contributed by atoms with van der Waals surface area (Å²) in [7, 11) is 0. The molecule has 1 aromatic carbocycles. The number of benzene rings is 1. The minimum absolute atomic E-state index is 0.0362. The Hall–Kier alpha value is -2.50. The highest BCUT2D eigenvalue weighted by atomic mass is 19.1. The van der Waals surface area contributed by atoms with Gasteiger partial charge in [0.25, 0.3) is 0 Å². The van der Waals surface area contributed by atoms with Crippen molar-refractivity contribution < 1.29 is 23.5 Å². The number of amides is 2. The summed E-state index contributed by atoms with van der Waals surface area (Å²) in [6.07, 6.45) is 4.98. The van der Waals surface area contributed by atoms with Crippen LogP contribution in [0, 0.1) is 17.7 Å². The molecule has 0 spiro atoms. The molecular weight excluding hydrogens is 313 g/mol. The van der Waals surface area contributed by atoms with Crippen molar-refractivity contribution in [3.63, 3.8) is 0 Å². The molecule has 24 heavy (non-hydrogen) atoms. The van der Waals surface area contributed by atoms with E-state index in [1.54, 1.807) is 0 Å². The second-order valence-corrected chi connectivity index (χ2v) is 6.02. The molecule has 0 saturated carbocycles. The van der Waals surface area contributed by atoms with Crippen LogP contribution in [0.5, 0.6) is 0 Å². The van der Waals surface area contributed by atoms with Gasteiger partial charge >= 0.3 is 5.97 Å². The van der Waals surface area contributed by atoms with E-state index in [9.17, 15) is 18.8 Å². The Balaban J connectivity index is 1.48. The van der Waals surface area contributed by atoms with E-state index < -0.39 is 5.97 Å². The maximum absolute atomic E-state index is 12.8. The third kappa shape index (κ3) is 3.37. The lowest BCUT2D eigenvalue weighted by atomic mass is 9.85. The van der Waals surface area contributed by atoms with Gasteiger partial charge in [-0.3, -0.25) is 19.3 Å². The molecule has 0 aromatic heterocycles. The summed E-state index contributed by atoms with van der Waals surface area (Å²) in [6, 6.07) is 5.66. The molecule has 2 atom stereocenters. The molecule has 2 amide bonds. The van der Waals surface area contributed by atoms with Crippen LogP contribution in [0.25, 0.3) is 0 Å². The van der Waals surface area contributed by atoms with E-state index in [0.717, 1.165) is 0 Å². The van der Waals surface area contributed by atoms with Crippen molar-refractivity contribution in [1.82, 2.24) is 4.90 Å². The number of imide groups is 1. The van der Waals surface area contributed by atoms with Crippen LogP contribution in [0.1, 0.15) is 24.8 Å². The Kier molecular flexibility index (Phi) is 4.74. The van der Waals surface area contributed by atoms with E-state index in [1.165, 1.54) is 29.2 Å². The zero-order chi connectivity index (χ0) is 17.1. The Labute approximate surface area is 139 Å². The fraction of sp³-hybridized carbons (Fsp3) is 0.389. The molecule has 1 aliphatic heterocycles. The third-order valence-electron chi connectivity index (χ3n) is 4.45. The van der Waals surface area contributed by atoms with Gasteiger partial charge in [0.1, 0.15) is 12.4 Å². The average molecular weight is 331 g/mol. The smallest absolute Gasteiger partial charge is 0.307 e. The van der Waals surface area contributed by atoms with Gasteiger partial charge in [-0.25, -0.2) is 4.39 Å². The normalized spacial score (nSPS) is 22.6. The fourth-order valence-electron chi connectivity index (χ4n) is 3.11. The quantitative estimate of drug-likeness (QED) is 0.471. The molecule has 3 rings (SSSR count). The van der Waals surface area contributed by atoms with Gasteiger partial charge in [0.05, 0.1) is 18.3 Å². The Bertz CT molecular complexity index is 657. The van der Waals surface area contributed by atoms with Gasteiger partial charge < -0.3 is 4.74 Å². The topological polar surface area (TPSA) is 63.7 Å². The fourth-order valence-corrected chi connectivity index (χ4v) is 3.11. The maximum atomic E-state index is 12.8. The van der Waals surface area contributed by atoms with Crippen molar-refractivity contribution in [2.75, 3.05) is 6.54 Å². The first-order chi connectivity index (χ1) is 11.6. The zero-order valence-corrected chi connectivity index (χ0v) is 13.1. The number of nitrogens with zero attached hydrogens (tertiary/aromatic N) is 1. The molecule has 2 aliphatic rings. The maximum Gasteiger partial charge on any atom is 0.307 e. The Morgan fingerprint density at radius 3 is 2.25 bits per heavy atom. The van der Waals surface area contributed by atoms with Crippen molar-refractivity contribution in [2.24, 2.45) is 11.8 Å². The van der Waals surface area contributed by atoms with E-state index in [1.807, 2.05) is 12.2 Å². The van der Waals surface area contributed by atoms with E-state index in [2.05, 4.69) is 0 Å². The number of halogens is 1. The van der Waals surface area contributed by atoms with E-state index >= 15 is 0 Å². The predicted octanol–water partition coefficient (Wildman–Crippen LogP) is 2.21. The summed E-state index contributed by atoms with van der Waals surface area (Å²) in [4.78, 5) is 37.5. The van der Waals surface area contributed by atoms with Gasteiger partial charge in [0.2, 0.25) is 11.8 Å². The molecule has 6 heteroatoms. The lowest BCUT2D eigenvalue weighted by molar-refractivity contribution is -0.146. The van der Waals surface area contributed by atoms with E-state index in [-0.39, 0.29) is 49.0 Å². The molecule has 1 fully saturated rings. The highest BCUT2D eigenvalue weighted by Gasteiger charge is 2.46. The van der Waals surface area contributed by atoms with Crippen LogP contribution in [0.2, 0.25) is 0 Å². The number of hydrogen-bond donors (Lipinski definition) is 0. The van der Waals surface area contributed by atoms with Crippen molar-refractivity contribution in [1.29, 1.82) is 0 Å². The summed E-state index contributed by atoms with van der Waals surface area (Å²) >= 11 is 0. The molecule has 5 nitrogen and oxygen atoms in total. The van der Waals surface area contributed by atoms with Gasteiger partial charge in [-0.1, -0.05) is 24.3 Å². The summed E-state index contributed by atoms with van der Waals surface area (Å²) in [6.45, 7) is 0.0864. The highest BCUT2D eigenvalue weighted by Crippen LogP contribution is 2.34. The van der Waals surface area contributed by atoms with E-state index in [0.29, 0.717) is 18.4 Å². The molecule has 1 aromatic rings. The van der Waals surface area contributed by atoms with Crippen LogP contribution in [-0.2, 0) is 25.7 Å². The van der Waals surface area contributed by atoms with Gasteiger partial charge in [-0.2, -0.15) is 0 Å². The number of likely N-dealkylation sites (tertiary alicyclic amines) is 1. The van der Waals surface area contributed by atoms with Crippen LogP contribution in [-0.4, -0.2) is 29.2 Å². The van der Waals surface area contributed by atoms with E-state index in [4.69, 9.17) is 4.74 Å². The number of hydrogen-bond acceptors (Lipinski definition) is 4. The Morgan fingerprint density at radius 2 is 1.67 bits per heavy atom. The minimum Gasteiger partial charge on any atom is -0.461 e. The van der Waals surface area contributed by atoms with Crippen LogP contribution in [0.15, 0.2) is 36.4 Å². The van der Waals surface area contributed by atoms with Gasteiger partial charge in [-0.15, -0.1) is 0 Å². The molecule has 1 saturated heterocycles. The largest absolute Gasteiger partial charge is 0.461 e. The summed E-state index contributed by atoms with van der Waals surface area (Å²) < 4.78 is 17.9. The standard InChI is InChI=1S/C18H18FNO4/c19-13-7-5-12(6-8-13)11-24-16(21)9-10-20-17(22)14-3-1-2-4-15(14)18(20)23/h1-2,5-8,14-15H,3-4,9-11H2/t14-,15+. The molecular formula is C18H18FNO4. The zero-order valence-electron chi connectivity index (χ0n) is 13.1. The number of fused-ring (bicyclic) bond motifs is 1. The van der Waals surface area contributed by atoms with Crippen LogP contribution >= 0.6 is 0 Å². The second-order valence-electron chi connectivity index (χ2n) is 6.02. The van der Waals surface area contributed by atoms with Crippen LogP contribution in [0.3, 0.4) is 0 Å². The second kappa shape index (κ2) is 6.95. The third-order valence-corrected chi connectivity index (χ3v) is 4.45. The molecule has 0 unspecified atom stereocenters. The van der Waals surface area contributed by atoms with Gasteiger partial charge in [0.15, 0.2) is 0 Å². The van der Waals surface area contributed by atoms with Crippen molar-refractivity contribution in [2.45, 2.75) is 25.9 Å². The van der Waals surface area contributed by atoms with Gasteiger partial charge in [-0.05, 0) is 30.5 Å². The number of ether oxygens (including phenoxy) is 1. The molecule has 126 valence electrons. The average Bonchev–Trinajstić information content (AvgIpc) is 2.84. The number of carbonyl (C=O) groups is 3. The summed E-state index contributed by atoms with van der Waals surface area (Å²) in [5.74, 6) is -1.79. The number of rotatable bonds is 5. The SMILES string of the molecule is O=C(CCN1C(=O)[C@H]2CC=CC[C@H]2C1=O)OCc1ccc(F)cc1.